The molecule has 0 fully saturated rings. The van der Waals surface area contributed by atoms with Gasteiger partial charge in [-0.2, -0.15) is 10.2 Å². The van der Waals surface area contributed by atoms with Crippen LogP contribution in [0.15, 0.2) is 67.4 Å². The van der Waals surface area contributed by atoms with Crippen LogP contribution in [-0.4, -0.2) is 51.7 Å². The number of nitrogens with zero attached hydrogens (tertiary/aromatic N) is 7. The fourth-order valence-corrected chi connectivity index (χ4v) is 4.31. The number of H-pyrrole nitrogens is 1. The van der Waals surface area contributed by atoms with Crippen LogP contribution in [0.2, 0.25) is 0 Å². The van der Waals surface area contributed by atoms with Crippen LogP contribution in [0, 0.1) is 6.92 Å². The Balaban J connectivity index is 1.41. The fourth-order valence-electron chi connectivity index (χ4n) is 4.31. The van der Waals surface area contributed by atoms with Gasteiger partial charge in [0.15, 0.2) is 11.5 Å². The Hall–Kier alpha value is -4.27. The lowest BCUT2D eigenvalue weighted by Crippen LogP contribution is -2.41. The van der Waals surface area contributed by atoms with E-state index in [9.17, 15) is 4.79 Å². The standard InChI is InChI=1S/C23H20N8O/c1-15-5-4-10-30-19(15)13-18(28-30)22-21-16(25-14-26-21)7-11-29(22)23(32)17-8-12-31(27-17)20-6-2-3-9-24-20/h2-6,8-10,12-14,22H,7,11H2,1H3,(H,25,26). The summed E-state index contributed by atoms with van der Waals surface area (Å²) in [5.41, 5.74) is 5.14. The lowest BCUT2D eigenvalue weighted by atomic mass is 9.99. The zero-order chi connectivity index (χ0) is 21.7. The van der Waals surface area contributed by atoms with Crippen molar-refractivity contribution in [1.29, 1.82) is 0 Å². The molecular formula is C23H20N8O. The third-order valence-corrected chi connectivity index (χ3v) is 5.89. The number of hydrogen-bond acceptors (Lipinski definition) is 5. The van der Waals surface area contributed by atoms with Gasteiger partial charge in [0.1, 0.15) is 6.04 Å². The third-order valence-electron chi connectivity index (χ3n) is 5.89. The maximum atomic E-state index is 13.6. The zero-order valence-corrected chi connectivity index (χ0v) is 17.4. The van der Waals surface area contributed by atoms with Crippen LogP contribution in [0.4, 0.5) is 0 Å². The molecule has 9 heteroatoms. The highest BCUT2D eigenvalue weighted by Gasteiger charge is 2.37. The molecular weight excluding hydrogens is 404 g/mol. The average molecular weight is 424 g/mol. The predicted molar refractivity (Wildman–Crippen MR) is 116 cm³/mol. The Morgan fingerprint density at radius 3 is 2.88 bits per heavy atom. The number of pyridine rings is 2. The van der Waals surface area contributed by atoms with Crippen molar-refractivity contribution >= 4 is 11.4 Å². The van der Waals surface area contributed by atoms with Crippen LogP contribution in [0.5, 0.6) is 0 Å². The summed E-state index contributed by atoms with van der Waals surface area (Å²) in [5.74, 6) is 0.499. The Morgan fingerprint density at radius 1 is 1.09 bits per heavy atom. The van der Waals surface area contributed by atoms with Gasteiger partial charge in [-0.05, 0) is 42.8 Å². The first-order valence-electron chi connectivity index (χ1n) is 10.4. The zero-order valence-electron chi connectivity index (χ0n) is 17.4. The second-order valence-electron chi connectivity index (χ2n) is 7.84. The number of aryl methyl sites for hydroxylation is 1. The predicted octanol–water partition coefficient (Wildman–Crippen LogP) is 2.73. The minimum atomic E-state index is -0.392. The summed E-state index contributed by atoms with van der Waals surface area (Å²) in [5, 5.41) is 9.28. The highest BCUT2D eigenvalue weighted by atomic mass is 16.2. The molecule has 0 aliphatic carbocycles. The summed E-state index contributed by atoms with van der Waals surface area (Å²) >= 11 is 0. The van der Waals surface area contributed by atoms with E-state index in [1.165, 1.54) is 0 Å². The van der Waals surface area contributed by atoms with Crippen molar-refractivity contribution < 1.29 is 4.79 Å². The van der Waals surface area contributed by atoms with E-state index in [2.05, 4.69) is 33.0 Å². The molecule has 0 saturated heterocycles. The summed E-state index contributed by atoms with van der Waals surface area (Å²) in [4.78, 5) is 27.5. The Bertz CT molecular complexity index is 1430. The molecule has 0 radical (unpaired) electrons. The number of hydrogen-bond donors (Lipinski definition) is 1. The average Bonchev–Trinajstić information content (AvgIpc) is 3.58. The normalized spacial score (nSPS) is 15.8. The van der Waals surface area contributed by atoms with Gasteiger partial charge in [0, 0.05) is 37.3 Å². The van der Waals surface area contributed by atoms with Gasteiger partial charge in [-0.25, -0.2) is 19.2 Å². The molecule has 1 N–H and O–H groups in total. The molecule has 1 amide bonds. The first-order valence-corrected chi connectivity index (χ1v) is 10.4. The highest BCUT2D eigenvalue weighted by Crippen LogP contribution is 2.34. The van der Waals surface area contributed by atoms with Crippen LogP contribution in [0.3, 0.4) is 0 Å². The molecule has 0 bridgehead atoms. The summed E-state index contributed by atoms with van der Waals surface area (Å²) in [6.07, 6.45) is 7.75. The van der Waals surface area contributed by atoms with E-state index >= 15 is 0 Å². The topological polar surface area (TPSA) is 97.0 Å². The van der Waals surface area contributed by atoms with Gasteiger partial charge in [-0.3, -0.25) is 4.79 Å². The van der Waals surface area contributed by atoms with Crippen molar-refractivity contribution in [3.8, 4) is 5.82 Å². The molecule has 158 valence electrons. The van der Waals surface area contributed by atoms with Crippen molar-refractivity contribution in [2.45, 2.75) is 19.4 Å². The minimum Gasteiger partial charge on any atom is -0.348 e. The van der Waals surface area contributed by atoms with Gasteiger partial charge in [-0.15, -0.1) is 0 Å². The summed E-state index contributed by atoms with van der Waals surface area (Å²) in [6, 6.07) is 13.0. The van der Waals surface area contributed by atoms with Gasteiger partial charge in [0.25, 0.3) is 5.91 Å². The SMILES string of the molecule is Cc1cccn2nc(C3c4nc[nH]c4CCN3C(=O)c3ccn(-c4ccccn4)n3)cc12. The molecule has 6 heterocycles. The molecule has 32 heavy (non-hydrogen) atoms. The van der Waals surface area contributed by atoms with E-state index in [0.717, 1.165) is 28.2 Å². The Labute approximate surface area is 183 Å². The van der Waals surface area contributed by atoms with Crippen LogP contribution in [-0.2, 0) is 6.42 Å². The number of carbonyl (C=O) groups excluding carboxylic acids is 1. The molecule has 6 rings (SSSR count). The molecule has 1 atom stereocenters. The highest BCUT2D eigenvalue weighted by molar-refractivity contribution is 5.93. The Morgan fingerprint density at radius 2 is 2.03 bits per heavy atom. The lowest BCUT2D eigenvalue weighted by Gasteiger charge is -2.33. The van der Waals surface area contributed by atoms with Crippen LogP contribution in [0.1, 0.15) is 39.2 Å². The quantitative estimate of drug-likeness (QED) is 0.480. The largest absolute Gasteiger partial charge is 0.348 e. The number of aromatic nitrogens is 7. The molecule has 1 aliphatic heterocycles. The molecule has 1 unspecified atom stereocenters. The summed E-state index contributed by atoms with van der Waals surface area (Å²) in [7, 11) is 0. The van der Waals surface area contributed by atoms with Gasteiger partial charge >= 0.3 is 0 Å². The first kappa shape index (κ1) is 18.5. The minimum absolute atomic E-state index is 0.160. The second kappa shape index (κ2) is 7.16. The van der Waals surface area contributed by atoms with Gasteiger partial charge in [0.05, 0.1) is 23.2 Å². The molecule has 1 aliphatic rings. The van der Waals surface area contributed by atoms with E-state index < -0.39 is 6.04 Å². The van der Waals surface area contributed by atoms with Crippen molar-refractivity contribution in [2.24, 2.45) is 0 Å². The monoisotopic (exact) mass is 424 g/mol. The van der Waals surface area contributed by atoms with Crippen molar-refractivity contribution in [2.75, 3.05) is 6.54 Å². The van der Waals surface area contributed by atoms with Crippen molar-refractivity contribution in [3.05, 3.63) is 95.7 Å². The number of imidazole rings is 1. The first-order chi connectivity index (χ1) is 15.7. The number of rotatable bonds is 3. The maximum absolute atomic E-state index is 13.6. The number of nitrogens with one attached hydrogen (secondary N) is 1. The number of amides is 1. The number of fused-ring (bicyclic) bond motifs is 2. The second-order valence-corrected chi connectivity index (χ2v) is 7.84. The van der Waals surface area contributed by atoms with E-state index in [-0.39, 0.29) is 5.91 Å². The summed E-state index contributed by atoms with van der Waals surface area (Å²) < 4.78 is 3.46. The fraction of sp³-hybridized carbons (Fsp3) is 0.174. The maximum Gasteiger partial charge on any atom is 0.275 e. The summed E-state index contributed by atoms with van der Waals surface area (Å²) in [6.45, 7) is 2.59. The van der Waals surface area contributed by atoms with E-state index in [1.54, 1.807) is 29.5 Å². The van der Waals surface area contributed by atoms with Crippen LogP contribution in [0.25, 0.3) is 11.3 Å². The van der Waals surface area contributed by atoms with E-state index in [4.69, 9.17) is 5.10 Å². The lowest BCUT2D eigenvalue weighted by molar-refractivity contribution is 0.0680. The third kappa shape index (κ3) is 2.89. The van der Waals surface area contributed by atoms with Crippen LogP contribution < -0.4 is 0 Å². The molecule has 5 aromatic rings. The van der Waals surface area contributed by atoms with Gasteiger partial charge < -0.3 is 9.88 Å². The van der Waals surface area contributed by atoms with E-state index in [0.29, 0.717) is 24.5 Å². The number of carbonyl (C=O) groups is 1. The Kier molecular flexibility index (Phi) is 4.14. The van der Waals surface area contributed by atoms with Gasteiger partial charge in [0.2, 0.25) is 0 Å². The number of aromatic amines is 1. The molecule has 0 aromatic carbocycles. The smallest absolute Gasteiger partial charge is 0.275 e. The molecule has 0 saturated carbocycles. The molecule has 5 aromatic heterocycles. The van der Waals surface area contributed by atoms with Crippen LogP contribution >= 0.6 is 0 Å². The van der Waals surface area contributed by atoms with Gasteiger partial charge in [-0.1, -0.05) is 12.1 Å². The van der Waals surface area contributed by atoms with E-state index in [1.807, 2.05) is 45.9 Å². The van der Waals surface area contributed by atoms with Crippen molar-refractivity contribution in [3.63, 3.8) is 0 Å². The molecule has 0 spiro atoms. The molecule has 9 nitrogen and oxygen atoms in total. The van der Waals surface area contributed by atoms with Crippen molar-refractivity contribution in [1.82, 2.24) is 39.2 Å².